The molecule has 0 aliphatic carbocycles. The van der Waals surface area contributed by atoms with Gasteiger partial charge in [-0.05, 0) is 12.1 Å². The van der Waals surface area contributed by atoms with Crippen LogP contribution in [0.25, 0.3) is 11.0 Å². The van der Waals surface area contributed by atoms with Gasteiger partial charge < -0.3 is 9.64 Å². The molecule has 11 nitrogen and oxygen atoms in total. The van der Waals surface area contributed by atoms with E-state index in [4.69, 9.17) is 4.74 Å². The average molecular weight is 482 g/mol. The number of carbonyl (C=O) groups is 1. The largest absolute Gasteiger partial charge is 0.442 e. The first-order valence-electron chi connectivity index (χ1n) is 11.1. The number of anilines is 2. The van der Waals surface area contributed by atoms with Crippen molar-refractivity contribution in [3.63, 3.8) is 0 Å². The summed E-state index contributed by atoms with van der Waals surface area (Å²) in [4.78, 5) is 32.2. The number of rotatable bonds is 4. The van der Waals surface area contributed by atoms with Crippen LogP contribution in [0.1, 0.15) is 0 Å². The fourth-order valence-electron chi connectivity index (χ4n) is 4.72. The second-order valence-electron chi connectivity index (χ2n) is 8.41. The first-order chi connectivity index (χ1) is 17.0. The minimum Gasteiger partial charge on any atom is -0.442 e. The third kappa shape index (κ3) is 3.59. The van der Waals surface area contributed by atoms with Crippen LogP contribution in [0, 0.1) is 11.6 Å². The molecule has 0 bridgehead atoms. The quantitative estimate of drug-likeness (QED) is 0.435. The topological polar surface area (TPSA) is 103 Å². The first kappa shape index (κ1) is 21.3. The molecule has 35 heavy (non-hydrogen) atoms. The van der Waals surface area contributed by atoms with Gasteiger partial charge in [-0.15, -0.1) is 5.10 Å². The van der Waals surface area contributed by atoms with Gasteiger partial charge in [0, 0.05) is 37.6 Å². The molecule has 1 fully saturated rings. The van der Waals surface area contributed by atoms with E-state index in [1.807, 2.05) is 0 Å². The average Bonchev–Trinajstić information content (AvgIpc) is 3.50. The summed E-state index contributed by atoms with van der Waals surface area (Å²) in [7, 11) is 0. The van der Waals surface area contributed by atoms with Crippen molar-refractivity contribution in [2.75, 3.05) is 29.4 Å². The van der Waals surface area contributed by atoms with E-state index in [1.165, 1.54) is 15.8 Å². The van der Waals surface area contributed by atoms with E-state index >= 15 is 8.78 Å². The molecule has 1 atom stereocenters. The summed E-state index contributed by atoms with van der Waals surface area (Å²) in [6, 6.07) is 5.68. The van der Waals surface area contributed by atoms with Gasteiger partial charge in [0.2, 0.25) is 0 Å². The highest BCUT2D eigenvalue weighted by Crippen LogP contribution is 2.31. The summed E-state index contributed by atoms with van der Waals surface area (Å²) < 4.78 is 40.6. The predicted molar refractivity (Wildman–Crippen MR) is 120 cm³/mol. The molecule has 5 heterocycles. The van der Waals surface area contributed by atoms with Crippen LogP contribution in [0.4, 0.5) is 25.0 Å². The van der Waals surface area contributed by atoms with E-state index < -0.39 is 23.8 Å². The van der Waals surface area contributed by atoms with E-state index in [-0.39, 0.29) is 49.7 Å². The number of hydrogen-bond donors (Lipinski definition) is 0. The van der Waals surface area contributed by atoms with Gasteiger partial charge >= 0.3 is 6.09 Å². The van der Waals surface area contributed by atoms with Crippen LogP contribution in [0.5, 0.6) is 0 Å². The normalized spacial score (nSPS) is 18.1. The van der Waals surface area contributed by atoms with Crippen molar-refractivity contribution in [1.29, 1.82) is 0 Å². The smallest absolute Gasteiger partial charge is 0.414 e. The number of fused-ring (bicyclic) bond motifs is 3. The molecule has 6 rings (SSSR count). The van der Waals surface area contributed by atoms with Gasteiger partial charge in [0.15, 0.2) is 17.3 Å². The Morgan fingerprint density at radius 3 is 2.54 bits per heavy atom. The molecular formula is C22H20F2N8O3. The minimum absolute atomic E-state index is 0.0716. The van der Waals surface area contributed by atoms with Gasteiger partial charge in [-0.2, -0.15) is 0 Å². The first-order valence-corrected chi connectivity index (χ1v) is 11.1. The second-order valence-corrected chi connectivity index (χ2v) is 8.41. The fraction of sp³-hybridized carbons (Fsp3) is 0.318. The zero-order valence-electron chi connectivity index (χ0n) is 18.4. The molecule has 0 spiro atoms. The van der Waals surface area contributed by atoms with Gasteiger partial charge in [-0.25, -0.2) is 27.9 Å². The number of benzene rings is 1. The third-order valence-electron chi connectivity index (χ3n) is 6.32. The molecule has 13 heteroatoms. The lowest BCUT2D eigenvalue weighted by Gasteiger charge is -2.24. The zero-order chi connectivity index (χ0) is 24.1. The summed E-state index contributed by atoms with van der Waals surface area (Å²) >= 11 is 0. The van der Waals surface area contributed by atoms with E-state index in [0.717, 1.165) is 12.1 Å². The Labute approximate surface area is 196 Å². The van der Waals surface area contributed by atoms with Gasteiger partial charge in [-0.1, -0.05) is 5.21 Å². The molecule has 1 amide bonds. The number of amides is 1. The number of hydrogen-bond acceptors (Lipinski definition) is 7. The van der Waals surface area contributed by atoms with Gasteiger partial charge in [0.1, 0.15) is 11.8 Å². The molecule has 1 aromatic carbocycles. The van der Waals surface area contributed by atoms with Crippen molar-refractivity contribution >= 4 is 28.5 Å². The lowest BCUT2D eigenvalue weighted by molar-refractivity contribution is 0.129. The molecule has 2 aliphatic rings. The Hall–Kier alpha value is -4.29. The second kappa shape index (κ2) is 8.18. The zero-order valence-corrected chi connectivity index (χ0v) is 18.4. The van der Waals surface area contributed by atoms with Gasteiger partial charge in [-0.3, -0.25) is 14.4 Å². The number of ether oxygens (including phenoxy) is 1. The van der Waals surface area contributed by atoms with Crippen LogP contribution in [-0.2, 0) is 24.4 Å². The fourth-order valence-corrected chi connectivity index (χ4v) is 4.72. The van der Waals surface area contributed by atoms with Crippen LogP contribution in [0.2, 0.25) is 0 Å². The highest BCUT2D eigenvalue weighted by molar-refractivity contribution is 5.90. The maximum atomic E-state index is 15.2. The monoisotopic (exact) mass is 482 g/mol. The highest BCUT2D eigenvalue weighted by atomic mass is 19.1. The summed E-state index contributed by atoms with van der Waals surface area (Å²) in [5.41, 5.74) is 0.238. The number of aromatic nitrogens is 6. The molecule has 3 aromatic heterocycles. The van der Waals surface area contributed by atoms with Crippen LogP contribution >= 0.6 is 0 Å². The molecule has 1 saturated heterocycles. The van der Waals surface area contributed by atoms with E-state index in [2.05, 4.69) is 15.3 Å². The molecule has 0 saturated carbocycles. The number of nitrogens with zero attached hydrogens (tertiary/aromatic N) is 8. The number of carbonyl (C=O) groups excluding carboxylic acids is 1. The van der Waals surface area contributed by atoms with Crippen LogP contribution in [0.15, 0.2) is 47.7 Å². The van der Waals surface area contributed by atoms with Crippen molar-refractivity contribution in [3.8, 4) is 0 Å². The van der Waals surface area contributed by atoms with Crippen LogP contribution < -0.4 is 15.4 Å². The Morgan fingerprint density at radius 2 is 1.80 bits per heavy atom. The van der Waals surface area contributed by atoms with E-state index in [0.29, 0.717) is 17.6 Å². The lowest BCUT2D eigenvalue weighted by atomic mass is 10.2. The predicted octanol–water partition coefficient (Wildman–Crippen LogP) is 1.61. The minimum atomic E-state index is -0.797. The molecule has 180 valence electrons. The number of halogens is 2. The molecule has 0 unspecified atom stereocenters. The van der Waals surface area contributed by atoms with Gasteiger partial charge in [0.05, 0.1) is 43.4 Å². The Balaban J connectivity index is 1.23. The molecule has 0 radical (unpaired) electrons. The summed E-state index contributed by atoms with van der Waals surface area (Å²) in [5.74, 6) is -1.59. The molecule has 2 aliphatic heterocycles. The van der Waals surface area contributed by atoms with E-state index in [1.54, 1.807) is 38.8 Å². The van der Waals surface area contributed by atoms with Crippen molar-refractivity contribution in [3.05, 3.63) is 64.8 Å². The van der Waals surface area contributed by atoms with Crippen molar-refractivity contribution < 1.29 is 18.3 Å². The van der Waals surface area contributed by atoms with Crippen molar-refractivity contribution in [2.24, 2.45) is 0 Å². The van der Waals surface area contributed by atoms with Crippen molar-refractivity contribution in [2.45, 2.75) is 25.7 Å². The standard InChI is InChI=1S/C22H20F2N8O3/c23-17-10-14(30-13-15(35-22(30)34)12-29-5-4-26-27-29)11-18(24)19(17)28-6-8-31-20-16(2-1-3-25-20)21(33)32(31)9-7-28/h1-5,10-11,15H,6-9,12-13H2/t15-/m0/s1. The van der Waals surface area contributed by atoms with Crippen LogP contribution in [0.3, 0.4) is 0 Å². The van der Waals surface area contributed by atoms with E-state index in [9.17, 15) is 9.59 Å². The lowest BCUT2D eigenvalue weighted by Crippen LogP contribution is -2.30. The Kier molecular flexibility index (Phi) is 4.97. The maximum absolute atomic E-state index is 15.2. The summed E-state index contributed by atoms with van der Waals surface area (Å²) in [5, 5.41) is 8.06. The molecule has 0 N–H and O–H groups in total. The SMILES string of the molecule is O=C1O[C@@H](Cn2ccnn2)CN1c1cc(F)c(N2CCn3c(=O)c4cccnc4n3CC2)c(F)c1. The Morgan fingerprint density at radius 1 is 1.03 bits per heavy atom. The highest BCUT2D eigenvalue weighted by Gasteiger charge is 2.34. The molecular weight excluding hydrogens is 462 g/mol. The summed E-state index contributed by atoms with van der Waals surface area (Å²) in [6.45, 7) is 1.49. The number of cyclic esters (lactones) is 1. The third-order valence-corrected chi connectivity index (χ3v) is 6.32. The van der Waals surface area contributed by atoms with Crippen LogP contribution in [-0.4, -0.2) is 61.2 Å². The maximum Gasteiger partial charge on any atom is 0.414 e. The van der Waals surface area contributed by atoms with Crippen molar-refractivity contribution in [1.82, 2.24) is 29.3 Å². The Bertz CT molecular complexity index is 1460. The van der Waals surface area contributed by atoms with Gasteiger partial charge in [0.25, 0.3) is 5.56 Å². The summed E-state index contributed by atoms with van der Waals surface area (Å²) in [6.07, 6.45) is 3.53. The molecule has 4 aromatic rings. The number of pyridine rings is 1.